The number of hydrogen-bond donors (Lipinski definition) is 2. The zero-order valence-electron chi connectivity index (χ0n) is 18.4. The number of hydrogen-bond acceptors (Lipinski definition) is 3. The second kappa shape index (κ2) is 8.76. The van der Waals surface area contributed by atoms with Crippen molar-refractivity contribution >= 4 is 23.2 Å². The monoisotopic (exact) mass is 445 g/mol. The molecule has 0 spiro atoms. The van der Waals surface area contributed by atoms with Gasteiger partial charge in [0.05, 0.1) is 5.71 Å². The molecule has 170 valence electrons. The zero-order chi connectivity index (χ0) is 23.7. The number of anilines is 1. The first-order chi connectivity index (χ1) is 14.9. The van der Waals surface area contributed by atoms with Gasteiger partial charge in [0.1, 0.15) is 0 Å². The summed E-state index contributed by atoms with van der Waals surface area (Å²) in [6.07, 6.45) is -4.18. The van der Waals surface area contributed by atoms with Crippen molar-refractivity contribution in [2.24, 2.45) is 11.0 Å². The third-order valence-corrected chi connectivity index (χ3v) is 5.48. The molecule has 2 atom stereocenters. The van der Waals surface area contributed by atoms with E-state index in [1.807, 2.05) is 0 Å². The number of nitrogens with one attached hydrogen (secondary N) is 2. The van der Waals surface area contributed by atoms with Gasteiger partial charge in [0.15, 0.2) is 0 Å². The highest BCUT2D eigenvalue weighted by atomic mass is 19.4. The van der Waals surface area contributed by atoms with Gasteiger partial charge in [-0.15, -0.1) is 0 Å². The van der Waals surface area contributed by atoms with Crippen molar-refractivity contribution in [1.29, 1.82) is 0 Å². The second-order valence-electron chi connectivity index (χ2n) is 9.02. The first-order valence-electron chi connectivity index (χ1n) is 10.3. The second-order valence-corrected chi connectivity index (χ2v) is 9.02. The number of halogens is 3. The van der Waals surface area contributed by atoms with Crippen molar-refractivity contribution in [2.75, 3.05) is 5.32 Å². The van der Waals surface area contributed by atoms with Crippen molar-refractivity contribution in [1.82, 2.24) is 5.43 Å². The molecule has 0 aliphatic heterocycles. The maximum atomic E-state index is 12.4. The van der Waals surface area contributed by atoms with E-state index in [0.29, 0.717) is 11.3 Å². The van der Waals surface area contributed by atoms with E-state index in [0.717, 1.165) is 12.0 Å². The molecule has 1 fully saturated rings. The maximum absolute atomic E-state index is 12.4. The molecule has 0 saturated heterocycles. The molecule has 8 heteroatoms. The number of hydrazone groups is 1. The van der Waals surface area contributed by atoms with Crippen LogP contribution in [0.2, 0.25) is 0 Å². The zero-order valence-corrected chi connectivity index (χ0v) is 18.4. The molecule has 5 nitrogen and oxygen atoms in total. The van der Waals surface area contributed by atoms with Gasteiger partial charge in [-0.3, -0.25) is 9.59 Å². The smallest absolute Gasteiger partial charge is 0.318 e. The van der Waals surface area contributed by atoms with Gasteiger partial charge in [-0.25, -0.2) is 5.43 Å². The van der Waals surface area contributed by atoms with Crippen LogP contribution in [0, 0.1) is 5.92 Å². The highest BCUT2D eigenvalue weighted by molar-refractivity contribution is 6.00. The molecule has 1 aliphatic carbocycles. The van der Waals surface area contributed by atoms with E-state index in [4.69, 9.17) is 0 Å². The van der Waals surface area contributed by atoms with Crippen LogP contribution in [0.4, 0.5) is 18.9 Å². The lowest BCUT2D eigenvalue weighted by atomic mass is 9.86. The van der Waals surface area contributed by atoms with Crippen LogP contribution in [0.5, 0.6) is 0 Å². The number of amides is 2. The number of alkyl halides is 3. The van der Waals surface area contributed by atoms with Gasteiger partial charge in [-0.1, -0.05) is 57.2 Å². The molecule has 1 aliphatic rings. The van der Waals surface area contributed by atoms with Gasteiger partial charge in [-0.2, -0.15) is 18.3 Å². The summed E-state index contributed by atoms with van der Waals surface area (Å²) in [5, 5.41) is 5.89. The molecule has 1 saturated carbocycles. The van der Waals surface area contributed by atoms with Crippen molar-refractivity contribution in [3.8, 4) is 0 Å². The third kappa shape index (κ3) is 5.75. The van der Waals surface area contributed by atoms with Gasteiger partial charge in [0.2, 0.25) is 5.91 Å². The normalized spacial score (nSPS) is 18.8. The van der Waals surface area contributed by atoms with Crippen molar-refractivity contribution in [3.63, 3.8) is 0 Å². The van der Waals surface area contributed by atoms with E-state index < -0.39 is 12.1 Å². The lowest BCUT2D eigenvalue weighted by Crippen LogP contribution is -2.29. The predicted octanol–water partition coefficient (Wildman–Crippen LogP) is 5.13. The highest BCUT2D eigenvalue weighted by Gasteiger charge is 2.44. The molecule has 2 aromatic carbocycles. The molecule has 2 amide bonds. The molecule has 0 radical (unpaired) electrons. The maximum Gasteiger partial charge on any atom is 0.471 e. The van der Waals surface area contributed by atoms with E-state index in [1.54, 1.807) is 12.2 Å². The number of carbonyl (C=O) groups is 2. The molecule has 0 aromatic heterocycles. The van der Waals surface area contributed by atoms with Crippen LogP contribution >= 0.6 is 0 Å². The van der Waals surface area contributed by atoms with E-state index in [9.17, 15) is 22.8 Å². The number of nitrogens with zero attached hydrogens (tertiary/aromatic N) is 1. The van der Waals surface area contributed by atoms with Crippen molar-refractivity contribution in [2.45, 2.75) is 51.6 Å². The van der Waals surface area contributed by atoms with Crippen LogP contribution < -0.4 is 10.7 Å². The largest absolute Gasteiger partial charge is 0.471 e. The Kier molecular flexibility index (Phi) is 6.44. The standard InChI is InChI=1S/C24H26F3N3O2/c1-14(15-7-11-18(12-8-15)28-22(32)24(25,26)27)29-30-21(31)20-13-19(20)16-5-9-17(10-6-16)23(2,3)4/h5-12,19-20H,13H2,1-4H3,(H,28,32)(H,30,31)/b29-14-/t19-,20+/m1/s1. The van der Waals surface area contributed by atoms with Gasteiger partial charge < -0.3 is 5.32 Å². The minimum atomic E-state index is -4.95. The summed E-state index contributed by atoms with van der Waals surface area (Å²) in [4.78, 5) is 23.4. The quantitative estimate of drug-likeness (QED) is 0.495. The Labute approximate surface area is 185 Å². The average molecular weight is 445 g/mol. The SMILES string of the molecule is C/C(=N/NC(=O)[C@H]1C[C@@H]1c1ccc(C(C)(C)C)cc1)c1ccc(NC(=O)C(F)(F)F)cc1. The molecular formula is C24H26F3N3O2. The van der Waals surface area contributed by atoms with Crippen molar-refractivity contribution in [3.05, 3.63) is 65.2 Å². The van der Waals surface area contributed by atoms with Crippen LogP contribution in [0.3, 0.4) is 0 Å². The van der Waals surface area contributed by atoms with Crippen LogP contribution in [0.25, 0.3) is 0 Å². The lowest BCUT2D eigenvalue weighted by molar-refractivity contribution is -0.167. The van der Waals surface area contributed by atoms with Crippen LogP contribution in [-0.2, 0) is 15.0 Å². The summed E-state index contributed by atoms with van der Waals surface area (Å²) in [5.41, 5.74) is 6.16. The Morgan fingerprint density at radius 3 is 2.09 bits per heavy atom. The number of rotatable bonds is 5. The fourth-order valence-electron chi connectivity index (χ4n) is 3.37. The fourth-order valence-corrected chi connectivity index (χ4v) is 3.37. The lowest BCUT2D eigenvalue weighted by Gasteiger charge is -2.19. The molecule has 0 heterocycles. The van der Waals surface area contributed by atoms with Gasteiger partial charge in [0, 0.05) is 11.6 Å². The molecule has 2 aromatic rings. The first-order valence-corrected chi connectivity index (χ1v) is 10.3. The highest BCUT2D eigenvalue weighted by Crippen LogP contribution is 2.47. The number of carbonyl (C=O) groups excluding carboxylic acids is 2. The van der Waals surface area contributed by atoms with Crippen LogP contribution in [0.15, 0.2) is 53.6 Å². The topological polar surface area (TPSA) is 70.6 Å². The first kappa shape index (κ1) is 23.5. The Morgan fingerprint density at radius 2 is 1.56 bits per heavy atom. The third-order valence-electron chi connectivity index (χ3n) is 5.48. The molecule has 0 unspecified atom stereocenters. The molecular weight excluding hydrogens is 419 g/mol. The molecule has 32 heavy (non-hydrogen) atoms. The molecule has 2 N–H and O–H groups in total. The summed E-state index contributed by atoms with van der Waals surface area (Å²) >= 11 is 0. The minimum absolute atomic E-state index is 0.0196. The molecule has 3 rings (SSSR count). The summed E-state index contributed by atoms with van der Waals surface area (Å²) in [6.45, 7) is 8.14. The Hall–Kier alpha value is -3.16. The van der Waals surface area contributed by atoms with E-state index in [2.05, 4.69) is 55.6 Å². The van der Waals surface area contributed by atoms with Crippen LogP contribution in [0.1, 0.15) is 56.7 Å². The summed E-state index contributed by atoms with van der Waals surface area (Å²) in [6, 6.07) is 14.1. The van der Waals surface area contributed by atoms with Gasteiger partial charge in [-0.05, 0) is 53.5 Å². The Morgan fingerprint density at radius 1 is 0.969 bits per heavy atom. The van der Waals surface area contributed by atoms with E-state index in [-0.39, 0.29) is 28.8 Å². The van der Waals surface area contributed by atoms with Gasteiger partial charge in [0.25, 0.3) is 0 Å². The summed E-state index contributed by atoms with van der Waals surface area (Å²) in [5.74, 6) is -2.15. The Balaban J connectivity index is 1.55. The minimum Gasteiger partial charge on any atom is -0.318 e. The van der Waals surface area contributed by atoms with Crippen LogP contribution in [-0.4, -0.2) is 23.7 Å². The Bertz CT molecular complexity index is 1020. The predicted molar refractivity (Wildman–Crippen MR) is 117 cm³/mol. The molecule has 0 bridgehead atoms. The van der Waals surface area contributed by atoms with Crippen molar-refractivity contribution < 1.29 is 22.8 Å². The van der Waals surface area contributed by atoms with E-state index >= 15 is 0 Å². The fraction of sp³-hybridized carbons (Fsp3) is 0.375. The van der Waals surface area contributed by atoms with E-state index in [1.165, 1.54) is 29.8 Å². The summed E-state index contributed by atoms with van der Waals surface area (Å²) in [7, 11) is 0. The summed E-state index contributed by atoms with van der Waals surface area (Å²) < 4.78 is 37.0. The van der Waals surface area contributed by atoms with Gasteiger partial charge >= 0.3 is 12.1 Å². The average Bonchev–Trinajstić information content (AvgIpc) is 3.52. The number of benzene rings is 2.